The summed E-state index contributed by atoms with van der Waals surface area (Å²) in [5.74, 6) is -2.06. The Balaban J connectivity index is 1.72. The molecule has 0 aliphatic carbocycles. The molecular weight excluding hydrogens is 329 g/mol. The van der Waals surface area contributed by atoms with Crippen LogP contribution in [0.5, 0.6) is 0 Å². The van der Waals surface area contributed by atoms with E-state index in [0.29, 0.717) is 19.0 Å². The summed E-state index contributed by atoms with van der Waals surface area (Å²) in [6.45, 7) is 0.441. The molecule has 1 unspecified atom stereocenters. The van der Waals surface area contributed by atoms with Gasteiger partial charge in [-0.3, -0.25) is 19.7 Å². The molecule has 1 saturated heterocycles. The van der Waals surface area contributed by atoms with Crippen molar-refractivity contribution >= 4 is 23.2 Å². The smallest absolute Gasteiger partial charge is 0.272 e. The molecule has 2 aromatic rings. The highest BCUT2D eigenvalue weighted by molar-refractivity contribution is 6.04. The zero-order valence-electron chi connectivity index (χ0n) is 13.0. The van der Waals surface area contributed by atoms with Gasteiger partial charge in [-0.1, -0.05) is 18.2 Å². The molecule has 0 radical (unpaired) electrons. The number of nitro benzene ring substituents is 1. The Morgan fingerprint density at radius 1 is 1.24 bits per heavy atom. The monoisotopic (exact) mass is 343 g/mol. The van der Waals surface area contributed by atoms with Crippen molar-refractivity contribution in [2.45, 2.75) is 12.5 Å². The molecule has 1 aliphatic heterocycles. The molecule has 0 spiro atoms. The molecular formula is C17H14FN3O4. The standard InChI is InChI=1S/C17H14FN3O4/c18-14-10-12(21(24)25)6-7-13(14)16(22)19-15-8-9-20(17(15)23)11-4-2-1-3-5-11/h1-7,10,15H,8-9H2,(H,19,22). The summed E-state index contributed by atoms with van der Waals surface area (Å²) < 4.78 is 13.9. The van der Waals surface area contributed by atoms with Crippen LogP contribution in [0.4, 0.5) is 15.8 Å². The lowest BCUT2D eigenvalue weighted by molar-refractivity contribution is -0.385. The van der Waals surface area contributed by atoms with Crippen LogP contribution in [0.25, 0.3) is 0 Å². The van der Waals surface area contributed by atoms with Gasteiger partial charge in [0.25, 0.3) is 11.6 Å². The Hall–Kier alpha value is -3.29. The highest BCUT2D eigenvalue weighted by Crippen LogP contribution is 2.22. The largest absolute Gasteiger partial charge is 0.340 e. The van der Waals surface area contributed by atoms with E-state index in [9.17, 15) is 24.1 Å². The zero-order valence-corrected chi connectivity index (χ0v) is 13.0. The number of hydrogen-bond donors (Lipinski definition) is 1. The molecule has 1 N–H and O–H groups in total. The second-order valence-corrected chi connectivity index (χ2v) is 5.56. The van der Waals surface area contributed by atoms with Gasteiger partial charge in [-0.2, -0.15) is 0 Å². The molecule has 0 aromatic heterocycles. The van der Waals surface area contributed by atoms with E-state index in [0.717, 1.165) is 17.8 Å². The number of amides is 2. The van der Waals surface area contributed by atoms with Gasteiger partial charge in [0.15, 0.2) is 0 Å². The molecule has 0 saturated carbocycles. The molecule has 8 heteroatoms. The van der Waals surface area contributed by atoms with Gasteiger partial charge < -0.3 is 10.2 Å². The highest BCUT2D eigenvalue weighted by Gasteiger charge is 2.34. The number of rotatable bonds is 4. The number of hydrogen-bond acceptors (Lipinski definition) is 4. The predicted octanol–water partition coefficient (Wildman–Crippen LogP) is 2.27. The Kier molecular flexibility index (Phi) is 4.42. The van der Waals surface area contributed by atoms with Crippen molar-refractivity contribution in [2.75, 3.05) is 11.4 Å². The molecule has 1 aliphatic rings. The zero-order chi connectivity index (χ0) is 18.0. The van der Waals surface area contributed by atoms with Crippen molar-refractivity contribution in [2.24, 2.45) is 0 Å². The molecule has 7 nitrogen and oxygen atoms in total. The van der Waals surface area contributed by atoms with Gasteiger partial charge in [0.2, 0.25) is 5.91 Å². The topological polar surface area (TPSA) is 92.6 Å². The average molecular weight is 343 g/mol. The van der Waals surface area contributed by atoms with Gasteiger partial charge >= 0.3 is 0 Å². The number of benzene rings is 2. The normalized spacial score (nSPS) is 16.8. The number of carbonyl (C=O) groups is 2. The second-order valence-electron chi connectivity index (χ2n) is 5.56. The maximum absolute atomic E-state index is 13.9. The summed E-state index contributed by atoms with van der Waals surface area (Å²) in [6, 6.07) is 11.0. The highest BCUT2D eigenvalue weighted by atomic mass is 19.1. The van der Waals surface area contributed by atoms with E-state index in [-0.39, 0.29) is 11.5 Å². The Morgan fingerprint density at radius 3 is 2.60 bits per heavy atom. The third-order valence-electron chi connectivity index (χ3n) is 3.99. The number of para-hydroxylation sites is 1. The third-order valence-corrected chi connectivity index (χ3v) is 3.99. The number of carbonyl (C=O) groups excluding carboxylic acids is 2. The van der Waals surface area contributed by atoms with Crippen LogP contribution in [-0.4, -0.2) is 29.3 Å². The fourth-order valence-electron chi connectivity index (χ4n) is 2.72. The van der Waals surface area contributed by atoms with Gasteiger partial charge in [0.05, 0.1) is 16.6 Å². The average Bonchev–Trinajstić information content (AvgIpc) is 2.96. The Labute approximate surface area is 142 Å². The fraction of sp³-hybridized carbons (Fsp3) is 0.176. The van der Waals surface area contributed by atoms with E-state index in [2.05, 4.69) is 5.32 Å². The minimum Gasteiger partial charge on any atom is -0.340 e. The van der Waals surface area contributed by atoms with E-state index in [4.69, 9.17) is 0 Å². The summed E-state index contributed by atoms with van der Waals surface area (Å²) in [5, 5.41) is 13.1. The molecule has 0 bridgehead atoms. The van der Waals surface area contributed by atoms with Gasteiger partial charge in [-0.25, -0.2) is 4.39 Å². The number of non-ortho nitro benzene ring substituents is 1. The molecule has 1 atom stereocenters. The van der Waals surface area contributed by atoms with Gasteiger partial charge in [0.1, 0.15) is 11.9 Å². The summed E-state index contributed by atoms with van der Waals surface area (Å²) in [4.78, 5) is 36.0. The summed E-state index contributed by atoms with van der Waals surface area (Å²) in [7, 11) is 0. The van der Waals surface area contributed by atoms with Gasteiger partial charge in [0, 0.05) is 18.3 Å². The van der Waals surface area contributed by atoms with E-state index in [1.54, 1.807) is 29.2 Å². The van der Waals surface area contributed by atoms with E-state index < -0.39 is 28.4 Å². The maximum Gasteiger partial charge on any atom is 0.272 e. The first-order chi connectivity index (χ1) is 12.0. The second kappa shape index (κ2) is 6.68. The summed E-state index contributed by atoms with van der Waals surface area (Å²) >= 11 is 0. The first-order valence-corrected chi connectivity index (χ1v) is 7.58. The van der Waals surface area contributed by atoms with Gasteiger partial charge in [-0.05, 0) is 24.6 Å². The Morgan fingerprint density at radius 2 is 1.96 bits per heavy atom. The molecule has 128 valence electrons. The van der Waals surface area contributed by atoms with E-state index >= 15 is 0 Å². The molecule has 2 amide bonds. The molecule has 3 rings (SSSR count). The molecule has 25 heavy (non-hydrogen) atoms. The van der Waals surface area contributed by atoms with E-state index in [1.165, 1.54) is 0 Å². The SMILES string of the molecule is O=C(NC1CCN(c2ccccc2)C1=O)c1ccc([N+](=O)[O-])cc1F. The van der Waals surface area contributed by atoms with Crippen LogP contribution in [0.1, 0.15) is 16.8 Å². The number of nitro groups is 1. The van der Waals surface area contributed by atoms with Crippen molar-refractivity contribution in [3.63, 3.8) is 0 Å². The number of anilines is 1. The summed E-state index contributed by atoms with van der Waals surface area (Å²) in [6.07, 6.45) is 0.397. The van der Waals surface area contributed by atoms with Crippen molar-refractivity contribution in [3.8, 4) is 0 Å². The van der Waals surface area contributed by atoms with Crippen LogP contribution < -0.4 is 10.2 Å². The van der Waals surface area contributed by atoms with Gasteiger partial charge in [-0.15, -0.1) is 0 Å². The van der Waals surface area contributed by atoms with Crippen molar-refractivity contribution in [3.05, 3.63) is 70.0 Å². The van der Waals surface area contributed by atoms with Crippen LogP contribution in [0.2, 0.25) is 0 Å². The fourth-order valence-corrected chi connectivity index (χ4v) is 2.72. The Bertz CT molecular complexity index is 841. The molecule has 1 heterocycles. The molecule has 1 fully saturated rings. The van der Waals surface area contributed by atoms with Crippen LogP contribution in [0, 0.1) is 15.9 Å². The number of halogens is 1. The predicted molar refractivity (Wildman–Crippen MR) is 87.7 cm³/mol. The van der Waals surface area contributed by atoms with Crippen molar-refractivity contribution in [1.82, 2.24) is 5.32 Å². The van der Waals surface area contributed by atoms with Crippen molar-refractivity contribution < 1.29 is 18.9 Å². The number of nitrogens with one attached hydrogen (secondary N) is 1. The molecule has 2 aromatic carbocycles. The first kappa shape index (κ1) is 16.6. The van der Waals surface area contributed by atoms with Crippen LogP contribution in [0.15, 0.2) is 48.5 Å². The van der Waals surface area contributed by atoms with Crippen LogP contribution in [-0.2, 0) is 4.79 Å². The van der Waals surface area contributed by atoms with Crippen LogP contribution >= 0.6 is 0 Å². The first-order valence-electron chi connectivity index (χ1n) is 7.58. The lowest BCUT2D eigenvalue weighted by Gasteiger charge is -2.17. The lowest BCUT2D eigenvalue weighted by Crippen LogP contribution is -2.41. The van der Waals surface area contributed by atoms with E-state index in [1.807, 2.05) is 6.07 Å². The minimum absolute atomic E-state index is 0.276. The number of nitrogens with zero attached hydrogens (tertiary/aromatic N) is 2. The van der Waals surface area contributed by atoms with Crippen LogP contribution in [0.3, 0.4) is 0 Å². The lowest BCUT2D eigenvalue weighted by atomic mass is 10.1. The minimum atomic E-state index is -1.00. The summed E-state index contributed by atoms with van der Waals surface area (Å²) in [5.41, 5.74) is -0.0522. The quantitative estimate of drug-likeness (QED) is 0.681. The maximum atomic E-state index is 13.9. The third kappa shape index (κ3) is 3.32. The van der Waals surface area contributed by atoms with Crippen molar-refractivity contribution in [1.29, 1.82) is 0 Å².